The number of benzene rings is 2. The van der Waals surface area contributed by atoms with Crippen LogP contribution in [0, 0.1) is 5.92 Å². The number of fused-ring (bicyclic) bond motifs is 1. The van der Waals surface area contributed by atoms with Crippen LogP contribution in [0.4, 0.5) is 24.5 Å². The van der Waals surface area contributed by atoms with Gasteiger partial charge in [-0.2, -0.15) is 13.2 Å². The van der Waals surface area contributed by atoms with E-state index in [0.717, 1.165) is 29.7 Å². The molecule has 5 heteroatoms. The van der Waals surface area contributed by atoms with Crippen molar-refractivity contribution in [3.05, 3.63) is 59.7 Å². The van der Waals surface area contributed by atoms with Gasteiger partial charge in [-0.05, 0) is 42.3 Å². The standard InChI is InChI=1S/C17H14F3NO/c18-17(19,20)14-5-7-15(8-6-14)21-10-12(11-22)9-13-3-1-2-4-16(13)21/h1-8,11-12H,9-10H2. The number of halogens is 3. The normalized spacial score (nSPS) is 18.0. The van der Waals surface area contributed by atoms with E-state index in [1.165, 1.54) is 12.1 Å². The number of carbonyl (C=O) groups excluding carboxylic acids is 1. The predicted molar refractivity (Wildman–Crippen MR) is 78.2 cm³/mol. The third-order valence-corrected chi connectivity index (χ3v) is 3.88. The van der Waals surface area contributed by atoms with Gasteiger partial charge < -0.3 is 9.69 Å². The van der Waals surface area contributed by atoms with Crippen molar-refractivity contribution in [1.29, 1.82) is 0 Å². The molecular formula is C17H14F3NO. The molecule has 1 heterocycles. The number of anilines is 2. The number of aldehydes is 1. The SMILES string of the molecule is O=CC1Cc2ccccc2N(c2ccc(C(F)(F)F)cc2)C1. The van der Waals surface area contributed by atoms with Crippen LogP contribution in [-0.4, -0.2) is 12.8 Å². The summed E-state index contributed by atoms with van der Waals surface area (Å²) in [5.41, 5.74) is 1.96. The summed E-state index contributed by atoms with van der Waals surface area (Å²) in [5, 5.41) is 0. The molecule has 0 bridgehead atoms. The van der Waals surface area contributed by atoms with Crippen LogP contribution >= 0.6 is 0 Å². The van der Waals surface area contributed by atoms with Crippen LogP contribution in [0.15, 0.2) is 48.5 Å². The van der Waals surface area contributed by atoms with E-state index in [9.17, 15) is 18.0 Å². The van der Waals surface area contributed by atoms with Crippen LogP contribution in [0.5, 0.6) is 0 Å². The first-order chi connectivity index (χ1) is 10.5. The van der Waals surface area contributed by atoms with Crippen molar-refractivity contribution < 1.29 is 18.0 Å². The second-order valence-electron chi connectivity index (χ2n) is 5.38. The summed E-state index contributed by atoms with van der Waals surface area (Å²) in [6, 6.07) is 12.7. The number of hydrogen-bond acceptors (Lipinski definition) is 2. The van der Waals surface area contributed by atoms with E-state index < -0.39 is 11.7 Å². The smallest absolute Gasteiger partial charge is 0.341 e. The first kappa shape index (κ1) is 14.6. The van der Waals surface area contributed by atoms with E-state index in [-0.39, 0.29) is 5.92 Å². The van der Waals surface area contributed by atoms with Gasteiger partial charge in [0.2, 0.25) is 0 Å². The fourth-order valence-electron chi connectivity index (χ4n) is 2.79. The van der Waals surface area contributed by atoms with E-state index in [4.69, 9.17) is 0 Å². The molecule has 22 heavy (non-hydrogen) atoms. The van der Waals surface area contributed by atoms with Gasteiger partial charge in [-0.25, -0.2) is 0 Å². The number of hydrogen-bond donors (Lipinski definition) is 0. The van der Waals surface area contributed by atoms with Gasteiger partial charge in [-0.1, -0.05) is 18.2 Å². The van der Waals surface area contributed by atoms with Gasteiger partial charge in [-0.15, -0.1) is 0 Å². The topological polar surface area (TPSA) is 20.3 Å². The molecule has 114 valence electrons. The Kier molecular flexibility index (Phi) is 3.64. The molecule has 0 amide bonds. The Morgan fingerprint density at radius 1 is 1.05 bits per heavy atom. The minimum Gasteiger partial charge on any atom is -0.341 e. The molecule has 1 unspecified atom stereocenters. The molecule has 0 radical (unpaired) electrons. The largest absolute Gasteiger partial charge is 0.416 e. The lowest BCUT2D eigenvalue weighted by atomic mass is 9.93. The van der Waals surface area contributed by atoms with Crippen LogP contribution in [-0.2, 0) is 17.4 Å². The molecule has 0 saturated heterocycles. The Morgan fingerprint density at radius 2 is 1.73 bits per heavy atom. The maximum Gasteiger partial charge on any atom is 0.416 e. The lowest BCUT2D eigenvalue weighted by molar-refractivity contribution is -0.137. The molecule has 1 atom stereocenters. The molecule has 0 aromatic heterocycles. The lowest BCUT2D eigenvalue weighted by Gasteiger charge is -2.34. The zero-order valence-electron chi connectivity index (χ0n) is 11.7. The highest BCUT2D eigenvalue weighted by Gasteiger charge is 2.31. The summed E-state index contributed by atoms with van der Waals surface area (Å²) in [7, 11) is 0. The number of nitrogens with zero attached hydrogens (tertiary/aromatic N) is 1. The Balaban J connectivity index is 1.98. The summed E-state index contributed by atoms with van der Waals surface area (Å²) >= 11 is 0. The molecule has 2 nitrogen and oxygen atoms in total. The van der Waals surface area contributed by atoms with Crippen molar-refractivity contribution in [2.75, 3.05) is 11.4 Å². The maximum absolute atomic E-state index is 12.7. The lowest BCUT2D eigenvalue weighted by Crippen LogP contribution is -2.32. The van der Waals surface area contributed by atoms with Gasteiger partial charge in [0.15, 0.2) is 0 Å². The number of para-hydroxylation sites is 1. The Morgan fingerprint density at radius 3 is 2.36 bits per heavy atom. The first-order valence-corrected chi connectivity index (χ1v) is 6.97. The minimum absolute atomic E-state index is 0.155. The van der Waals surface area contributed by atoms with Crippen molar-refractivity contribution in [2.24, 2.45) is 5.92 Å². The van der Waals surface area contributed by atoms with E-state index in [0.29, 0.717) is 18.7 Å². The molecule has 0 fully saturated rings. The highest BCUT2D eigenvalue weighted by Crippen LogP contribution is 2.36. The van der Waals surface area contributed by atoms with Crippen LogP contribution < -0.4 is 4.90 Å². The quantitative estimate of drug-likeness (QED) is 0.774. The Hall–Kier alpha value is -2.30. The van der Waals surface area contributed by atoms with E-state index in [2.05, 4.69) is 0 Å². The van der Waals surface area contributed by atoms with E-state index >= 15 is 0 Å². The van der Waals surface area contributed by atoms with Gasteiger partial charge in [0.05, 0.1) is 5.56 Å². The second kappa shape index (κ2) is 5.48. The van der Waals surface area contributed by atoms with Gasteiger partial charge in [-0.3, -0.25) is 0 Å². The van der Waals surface area contributed by atoms with Crippen molar-refractivity contribution in [1.82, 2.24) is 0 Å². The zero-order valence-corrected chi connectivity index (χ0v) is 11.7. The van der Waals surface area contributed by atoms with Gasteiger partial charge >= 0.3 is 6.18 Å². The van der Waals surface area contributed by atoms with Crippen molar-refractivity contribution in [3.63, 3.8) is 0 Å². The third-order valence-electron chi connectivity index (χ3n) is 3.88. The summed E-state index contributed by atoms with van der Waals surface area (Å²) in [6.07, 6.45) is -2.77. The third kappa shape index (κ3) is 2.71. The van der Waals surface area contributed by atoms with Crippen LogP contribution in [0.25, 0.3) is 0 Å². The van der Waals surface area contributed by atoms with Gasteiger partial charge in [0.25, 0.3) is 0 Å². The fourth-order valence-corrected chi connectivity index (χ4v) is 2.79. The molecule has 1 aliphatic heterocycles. The van der Waals surface area contributed by atoms with Crippen molar-refractivity contribution >= 4 is 17.7 Å². The predicted octanol–water partition coefficient (Wildman–Crippen LogP) is 4.21. The van der Waals surface area contributed by atoms with Crippen molar-refractivity contribution in [2.45, 2.75) is 12.6 Å². The minimum atomic E-state index is -4.34. The highest BCUT2D eigenvalue weighted by molar-refractivity contribution is 5.71. The molecule has 2 aromatic carbocycles. The first-order valence-electron chi connectivity index (χ1n) is 6.97. The molecule has 2 aromatic rings. The summed E-state index contributed by atoms with van der Waals surface area (Å²) in [4.78, 5) is 13.1. The van der Waals surface area contributed by atoms with E-state index in [1.54, 1.807) is 0 Å². The van der Waals surface area contributed by atoms with Crippen LogP contribution in [0.2, 0.25) is 0 Å². The average molecular weight is 305 g/mol. The van der Waals surface area contributed by atoms with Crippen LogP contribution in [0.1, 0.15) is 11.1 Å². The number of carbonyl (C=O) groups is 1. The summed E-state index contributed by atoms with van der Waals surface area (Å²) in [5.74, 6) is -0.155. The molecule has 0 N–H and O–H groups in total. The molecule has 0 saturated carbocycles. The zero-order chi connectivity index (χ0) is 15.7. The highest BCUT2D eigenvalue weighted by atomic mass is 19.4. The fraction of sp³-hybridized carbons (Fsp3) is 0.235. The molecule has 1 aliphatic rings. The average Bonchev–Trinajstić information content (AvgIpc) is 2.53. The Labute approximate surface area is 126 Å². The molecular weight excluding hydrogens is 291 g/mol. The van der Waals surface area contributed by atoms with Crippen LogP contribution in [0.3, 0.4) is 0 Å². The molecule has 0 spiro atoms. The van der Waals surface area contributed by atoms with Crippen molar-refractivity contribution in [3.8, 4) is 0 Å². The number of rotatable bonds is 2. The van der Waals surface area contributed by atoms with Gasteiger partial charge in [0.1, 0.15) is 6.29 Å². The second-order valence-corrected chi connectivity index (χ2v) is 5.38. The van der Waals surface area contributed by atoms with Gasteiger partial charge in [0, 0.05) is 23.8 Å². The maximum atomic E-state index is 12.7. The Bertz CT molecular complexity index is 679. The summed E-state index contributed by atoms with van der Waals surface area (Å²) < 4.78 is 38.0. The van der Waals surface area contributed by atoms with E-state index in [1.807, 2.05) is 29.2 Å². The summed E-state index contributed by atoms with van der Waals surface area (Å²) in [6.45, 7) is 0.478. The monoisotopic (exact) mass is 305 g/mol. The molecule has 3 rings (SSSR count). The molecule has 0 aliphatic carbocycles. The number of alkyl halides is 3.